The minimum absolute atomic E-state index is 0.00344. The van der Waals surface area contributed by atoms with E-state index >= 15 is 0 Å². The molecule has 1 aromatic heterocycles. The van der Waals surface area contributed by atoms with Crippen LogP contribution in [0.25, 0.3) is 22.3 Å². The summed E-state index contributed by atoms with van der Waals surface area (Å²) in [6.45, 7) is 1.54. The molecular weight excluding hydrogens is 452 g/mol. The van der Waals surface area contributed by atoms with E-state index in [2.05, 4.69) is 0 Å². The molecule has 11 heteroatoms. The van der Waals surface area contributed by atoms with Crippen LogP contribution < -0.4 is 10.2 Å². The van der Waals surface area contributed by atoms with Gasteiger partial charge in [0.15, 0.2) is 11.5 Å². The molecule has 180 valence electrons. The molecule has 1 aliphatic rings. The second kappa shape index (κ2) is 9.31. The highest BCUT2D eigenvalue weighted by atomic mass is 16.7. The van der Waals surface area contributed by atoms with Crippen LogP contribution in [0.3, 0.4) is 0 Å². The highest BCUT2D eigenvalue weighted by Gasteiger charge is 2.48. The smallest absolute Gasteiger partial charge is 0.338 e. The number of carbonyl (C=O) groups excluding carboxylic acids is 1. The van der Waals surface area contributed by atoms with Gasteiger partial charge in [-0.3, -0.25) is 4.79 Å². The third-order valence-corrected chi connectivity index (χ3v) is 5.28. The molecule has 5 atom stereocenters. The van der Waals surface area contributed by atoms with Crippen molar-refractivity contribution in [3.63, 3.8) is 0 Å². The lowest BCUT2D eigenvalue weighted by Crippen LogP contribution is -2.61. The molecule has 0 bridgehead atoms. The van der Waals surface area contributed by atoms with E-state index in [1.807, 2.05) is 0 Å². The van der Waals surface area contributed by atoms with E-state index in [0.29, 0.717) is 5.56 Å². The summed E-state index contributed by atoms with van der Waals surface area (Å²) < 4.78 is 21.4. The maximum atomic E-state index is 12.6. The summed E-state index contributed by atoms with van der Waals surface area (Å²) in [5, 5.41) is 50.2. The number of carbonyl (C=O) groups is 1. The van der Waals surface area contributed by atoms with Crippen LogP contribution in [0.1, 0.15) is 6.92 Å². The number of fused-ring (bicyclic) bond motifs is 1. The molecular formula is C23H22O11. The van der Waals surface area contributed by atoms with Crippen molar-refractivity contribution in [2.24, 2.45) is 0 Å². The fourth-order valence-electron chi connectivity index (χ4n) is 3.58. The Morgan fingerprint density at radius 1 is 1.00 bits per heavy atom. The Balaban J connectivity index is 1.68. The standard InChI is InChI=1S/C23H22O11/c1-2-31-22(30)21-19(28)18(27)20(29)23(34-21)32-12-7-13(25)17-14(26)9-15(33-16(17)8-12)10-3-5-11(24)6-4-10/h3-9,18-21,23-25,27-29H,2H2,1H3/t18-,19-,20+,21-,23-/m1/s1. The summed E-state index contributed by atoms with van der Waals surface area (Å²) in [4.78, 5) is 24.6. The number of aliphatic hydroxyl groups is 3. The van der Waals surface area contributed by atoms with Crippen LogP contribution in [0.5, 0.6) is 17.2 Å². The zero-order valence-corrected chi connectivity index (χ0v) is 17.8. The highest BCUT2D eigenvalue weighted by Crippen LogP contribution is 2.33. The van der Waals surface area contributed by atoms with Crippen LogP contribution in [0.4, 0.5) is 0 Å². The summed E-state index contributed by atoms with van der Waals surface area (Å²) in [6.07, 6.45) is -8.56. The molecule has 5 N–H and O–H groups in total. The van der Waals surface area contributed by atoms with Crippen molar-refractivity contribution in [2.45, 2.75) is 37.6 Å². The Kier molecular flexibility index (Phi) is 6.44. The Morgan fingerprint density at radius 2 is 1.71 bits per heavy atom. The van der Waals surface area contributed by atoms with Crippen LogP contribution in [-0.4, -0.2) is 68.8 Å². The monoisotopic (exact) mass is 474 g/mol. The first kappa shape index (κ1) is 23.5. The molecule has 1 fully saturated rings. The fourth-order valence-corrected chi connectivity index (χ4v) is 3.58. The minimum atomic E-state index is -1.79. The number of phenolic OH excluding ortho intramolecular Hbond substituents is 2. The number of phenols is 2. The first-order chi connectivity index (χ1) is 16.2. The molecule has 0 spiro atoms. The maximum Gasteiger partial charge on any atom is 0.338 e. The summed E-state index contributed by atoms with van der Waals surface area (Å²) in [5.41, 5.74) is -0.107. The van der Waals surface area contributed by atoms with Crippen LogP contribution in [0.15, 0.2) is 51.7 Å². The Bertz CT molecular complexity index is 1250. The molecule has 11 nitrogen and oxygen atoms in total. The molecule has 3 aromatic rings. The van der Waals surface area contributed by atoms with Gasteiger partial charge in [-0.15, -0.1) is 0 Å². The quantitative estimate of drug-likeness (QED) is 0.328. The van der Waals surface area contributed by atoms with Crippen LogP contribution in [0.2, 0.25) is 0 Å². The third kappa shape index (κ3) is 4.41. The van der Waals surface area contributed by atoms with Gasteiger partial charge in [0.25, 0.3) is 0 Å². The second-order valence-electron chi connectivity index (χ2n) is 7.60. The Morgan fingerprint density at radius 3 is 2.38 bits per heavy atom. The van der Waals surface area contributed by atoms with E-state index in [1.165, 1.54) is 36.4 Å². The molecule has 2 heterocycles. The third-order valence-electron chi connectivity index (χ3n) is 5.28. The number of esters is 1. The van der Waals surface area contributed by atoms with Gasteiger partial charge in [0.2, 0.25) is 6.29 Å². The number of hydrogen-bond acceptors (Lipinski definition) is 11. The molecule has 2 aromatic carbocycles. The zero-order chi connectivity index (χ0) is 24.6. The number of rotatable bonds is 5. The Hall–Kier alpha value is -3.64. The van der Waals surface area contributed by atoms with E-state index < -0.39 is 47.9 Å². The SMILES string of the molecule is CCOC(=O)[C@@H]1O[C@@H](Oc2cc(O)c3c(=O)cc(-c4ccc(O)cc4)oc3c2)[C@@H](O)[C@H](O)[C@H]1O. The Labute approximate surface area is 192 Å². The largest absolute Gasteiger partial charge is 0.508 e. The summed E-state index contributed by atoms with van der Waals surface area (Å²) in [6, 6.07) is 9.42. The number of benzene rings is 2. The second-order valence-corrected chi connectivity index (χ2v) is 7.60. The van der Waals surface area contributed by atoms with Gasteiger partial charge < -0.3 is 44.2 Å². The van der Waals surface area contributed by atoms with Crippen LogP contribution in [0, 0.1) is 0 Å². The average Bonchev–Trinajstić information content (AvgIpc) is 2.79. The van der Waals surface area contributed by atoms with Crippen LogP contribution >= 0.6 is 0 Å². The predicted molar refractivity (Wildman–Crippen MR) is 115 cm³/mol. The number of aromatic hydroxyl groups is 2. The summed E-state index contributed by atoms with van der Waals surface area (Å²) in [5.74, 6) is -1.37. The van der Waals surface area contributed by atoms with E-state index in [9.17, 15) is 35.1 Å². The molecule has 4 rings (SSSR count). The van der Waals surface area contributed by atoms with Gasteiger partial charge in [0, 0.05) is 23.8 Å². The van der Waals surface area contributed by atoms with Crippen molar-refractivity contribution in [2.75, 3.05) is 6.61 Å². The fraction of sp³-hybridized carbons (Fsp3) is 0.304. The van der Waals surface area contributed by atoms with Gasteiger partial charge in [-0.1, -0.05) is 0 Å². The van der Waals surface area contributed by atoms with Gasteiger partial charge >= 0.3 is 5.97 Å². The normalized spacial score (nSPS) is 24.6. The number of ether oxygens (including phenoxy) is 3. The van der Waals surface area contributed by atoms with Gasteiger partial charge in [-0.05, 0) is 31.2 Å². The average molecular weight is 474 g/mol. The van der Waals surface area contributed by atoms with E-state index in [0.717, 1.165) is 6.07 Å². The molecule has 0 radical (unpaired) electrons. The summed E-state index contributed by atoms with van der Waals surface area (Å²) in [7, 11) is 0. The van der Waals surface area contributed by atoms with Crippen molar-refractivity contribution in [3.8, 4) is 28.6 Å². The van der Waals surface area contributed by atoms with Crippen molar-refractivity contribution in [1.82, 2.24) is 0 Å². The predicted octanol–water partition coefficient (Wildman–Crippen LogP) is 0.621. The molecule has 0 unspecified atom stereocenters. The first-order valence-electron chi connectivity index (χ1n) is 10.3. The lowest BCUT2D eigenvalue weighted by atomic mass is 9.99. The van der Waals surface area contributed by atoms with E-state index in [4.69, 9.17) is 18.6 Å². The van der Waals surface area contributed by atoms with Gasteiger partial charge in [0.05, 0.1) is 6.61 Å². The number of aliphatic hydroxyl groups excluding tert-OH is 3. The van der Waals surface area contributed by atoms with Crippen molar-refractivity contribution >= 4 is 16.9 Å². The van der Waals surface area contributed by atoms with E-state index in [-0.39, 0.29) is 34.8 Å². The van der Waals surface area contributed by atoms with Crippen molar-refractivity contribution in [1.29, 1.82) is 0 Å². The minimum Gasteiger partial charge on any atom is -0.508 e. The van der Waals surface area contributed by atoms with Gasteiger partial charge in [-0.25, -0.2) is 4.79 Å². The van der Waals surface area contributed by atoms with Gasteiger partial charge in [0.1, 0.15) is 52.3 Å². The number of hydrogen-bond donors (Lipinski definition) is 5. The lowest BCUT2D eigenvalue weighted by Gasteiger charge is -2.38. The first-order valence-corrected chi connectivity index (χ1v) is 10.3. The van der Waals surface area contributed by atoms with E-state index in [1.54, 1.807) is 6.92 Å². The summed E-state index contributed by atoms with van der Waals surface area (Å²) >= 11 is 0. The molecule has 0 amide bonds. The maximum absolute atomic E-state index is 12.6. The zero-order valence-electron chi connectivity index (χ0n) is 17.8. The van der Waals surface area contributed by atoms with Gasteiger partial charge in [-0.2, -0.15) is 0 Å². The molecule has 0 saturated carbocycles. The topological polar surface area (TPSA) is 176 Å². The molecule has 0 aliphatic carbocycles. The highest BCUT2D eigenvalue weighted by molar-refractivity contribution is 5.86. The lowest BCUT2D eigenvalue weighted by molar-refractivity contribution is -0.272. The van der Waals surface area contributed by atoms with Crippen molar-refractivity contribution in [3.05, 3.63) is 52.7 Å². The molecule has 1 aliphatic heterocycles. The van der Waals surface area contributed by atoms with Crippen LogP contribution in [-0.2, 0) is 14.3 Å². The molecule has 1 saturated heterocycles. The molecule has 34 heavy (non-hydrogen) atoms. The van der Waals surface area contributed by atoms with Crippen molar-refractivity contribution < 1.29 is 49.0 Å².